The van der Waals surface area contributed by atoms with E-state index in [0.29, 0.717) is 31.6 Å². The van der Waals surface area contributed by atoms with E-state index in [1.165, 1.54) is 167 Å². The number of hydrogen-bond acceptors (Lipinski definition) is 15. The zero-order valence-electron chi connectivity index (χ0n) is 56.2. The van der Waals surface area contributed by atoms with Crippen LogP contribution in [0.2, 0.25) is 0 Å². The largest absolute Gasteiger partial charge is 0.472 e. The van der Waals surface area contributed by atoms with E-state index in [2.05, 4.69) is 34.6 Å². The fraction of sp³-hybridized carbons (Fsp3) is 0.941. The predicted molar refractivity (Wildman–Crippen MR) is 349 cm³/mol. The molecule has 19 heteroatoms. The summed E-state index contributed by atoms with van der Waals surface area (Å²) in [5.41, 5.74) is 0. The van der Waals surface area contributed by atoms with Crippen LogP contribution < -0.4 is 0 Å². The Labute approximate surface area is 530 Å². The molecule has 0 aromatic rings. The maximum Gasteiger partial charge on any atom is 0.472 e. The lowest BCUT2D eigenvalue weighted by Gasteiger charge is -2.21. The first-order valence-electron chi connectivity index (χ1n) is 35.6. The quantitative estimate of drug-likeness (QED) is 0.0222. The average Bonchev–Trinajstić information content (AvgIpc) is 3.64. The van der Waals surface area contributed by atoms with Crippen molar-refractivity contribution in [3.05, 3.63) is 0 Å². The monoisotopic (exact) mass is 1280 g/mol. The van der Waals surface area contributed by atoms with Crippen LogP contribution in [-0.2, 0) is 65.4 Å². The highest BCUT2D eigenvalue weighted by molar-refractivity contribution is 7.47. The van der Waals surface area contributed by atoms with Gasteiger partial charge in [0.05, 0.1) is 26.4 Å². The molecular formula is C68H132O17P2. The molecule has 516 valence electrons. The predicted octanol–water partition coefficient (Wildman–Crippen LogP) is 19.4. The van der Waals surface area contributed by atoms with Gasteiger partial charge in [-0.1, -0.05) is 298 Å². The van der Waals surface area contributed by atoms with Gasteiger partial charge in [0.1, 0.15) is 19.3 Å². The minimum absolute atomic E-state index is 0.103. The van der Waals surface area contributed by atoms with Crippen LogP contribution >= 0.6 is 15.6 Å². The van der Waals surface area contributed by atoms with Crippen molar-refractivity contribution in [1.29, 1.82) is 0 Å². The van der Waals surface area contributed by atoms with Crippen molar-refractivity contribution in [3.63, 3.8) is 0 Å². The number of unbranched alkanes of at least 4 members (excludes halogenated alkanes) is 40. The van der Waals surface area contributed by atoms with Gasteiger partial charge in [-0.2, -0.15) is 0 Å². The molecule has 0 aliphatic heterocycles. The maximum atomic E-state index is 13.0. The van der Waals surface area contributed by atoms with Crippen LogP contribution in [0, 0.1) is 5.92 Å². The van der Waals surface area contributed by atoms with Crippen molar-refractivity contribution in [2.24, 2.45) is 5.92 Å². The van der Waals surface area contributed by atoms with Crippen molar-refractivity contribution < 1.29 is 80.2 Å². The number of rotatable bonds is 68. The van der Waals surface area contributed by atoms with Gasteiger partial charge in [-0.3, -0.25) is 37.3 Å². The summed E-state index contributed by atoms with van der Waals surface area (Å²) in [7, 11) is -9.88. The van der Waals surface area contributed by atoms with E-state index in [9.17, 15) is 43.2 Å². The highest BCUT2D eigenvalue weighted by Gasteiger charge is 2.30. The van der Waals surface area contributed by atoms with Gasteiger partial charge in [0.15, 0.2) is 12.2 Å². The Bertz CT molecular complexity index is 1690. The van der Waals surface area contributed by atoms with E-state index >= 15 is 0 Å². The molecule has 0 aromatic carbocycles. The van der Waals surface area contributed by atoms with Crippen LogP contribution in [0.25, 0.3) is 0 Å². The van der Waals surface area contributed by atoms with Gasteiger partial charge in [0, 0.05) is 25.7 Å². The molecule has 3 N–H and O–H groups in total. The Kier molecular flexibility index (Phi) is 60.2. The maximum absolute atomic E-state index is 13.0. The number of phosphoric ester groups is 2. The zero-order chi connectivity index (χ0) is 64.2. The molecule has 0 aliphatic carbocycles. The third kappa shape index (κ3) is 62.6. The minimum Gasteiger partial charge on any atom is -0.462 e. The van der Waals surface area contributed by atoms with Gasteiger partial charge in [0.25, 0.3) is 0 Å². The molecule has 0 aromatic heterocycles. The van der Waals surface area contributed by atoms with E-state index < -0.39 is 97.5 Å². The van der Waals surface area contributed by atoms with E-state index in [0.717, 1.165) is 96.3 Å². The molecule has 0 amide bonds. The molecule has 2 unspecified atom stereocenters. The number of aliphatic hydroxyl groups excluding tert-OH is 1. The van der Waals surface area contributed by atoms with E-state index in [-0.39, 0.29) is 25.7 Å². The van der Waals surface area contributed by atoms with Crippen molar-refractivity contribution >= 4 is 39.5 Å². The van der Waals surface area contributed by atoms with Crippen LogP contribution in [0.15, 0.2) is 0 Å². The zero-order valence-corrected chi connectivity index (χ0v) is 57.9. The van der Waals surface area contributed by atoms with Gasteiger partial charge in [-0.25, -0.2) is 9.13 Å². The summed E-state index contributed by atoms with van der Waals surface area (Å²) in [4.78, 5) is 72.1. The molecule has 0 fully saturated rings. The first-order valence-corrected chi connectivity index (χ1v) is 38.6. The summed E-state index contributed by atoms with van der Waals surface area (Å²) in [5, 5.41) is 10.5. The van der Waals surface area contributed by atoms with Gasteiger partial charge in [-0.05, 0) is 31.6 Å². The first-order chi connectivity index (χ1) is 42.0. The minimum atomic E-state index is -4.95. The molecule has 0 spiro atoms. The molecule has 0 radical (unpaired) electrons. The number of ether oxygens (including phenoxy) is 4. The summed E-state index contributed by atoms with van der Waals surface area (Å²) in [6, 6.07) is 0. The third-order valence-corrected chi connectivity index (χ3v) is 17.7. The second kappa shape index (κ2) is 61.6. The summed E-state index contributed by atoms with van der Waals surface area (Å²) in [6.45, 7) is 7.06. The van der Waals surface area contributed by atoms with Gasteiger partial charge in [-0.15, -0.1) is 0 Å². The molecule has 0 saturated carbocycles. The molecule has 0 heterocycles. The summed E-state index contributed by atoms with van der Waals surface area (Å²) >= 11 is 0. The Balaban J connectivity index is 5.08. The standard InChI is InChI=1S/C68H132O17P2/c1-6-9-12-15-17-19-21-22-23-24-25-26-27-28-29-30-32-34-38-43-48-53-67(72)85-64(58-79-66(71)52-47-42-37-33-31-20-18-16-13-10-7-2)60-83-87(76,77)81-56-62(69)55-80-86(74,75)82-59-63(57-78-65(70)51-46-40-14-11-8-3)84-68(73)54-49-44-39-35-36-41-45-50-61(4)5/h61-64,69H,6-60H2,1-5H3,(H,74,75)(H,76,77)/t62-,63+,64+/m0/s1. The molecule has 0 aliphatic rings. The van der Waals surface area contributed by atoms with Crippen LogP contribution in [0.5, 0.6) is 0 Å². The molecule has 0 rings (SSSR count). The lowest BCUT2D eigenvalue weighted by Crippen LogP contribution is -2.30. The highest BCUT2D eigenvalue weighted by atomic mass is 31.2. The van der Waals surface area contributed by atoms with E-state index in [1.807, 2.05) is 0 Å². The Hall–Kier alpha value is -1.94. The van der Waals surface area contributed by atoms with E-state index in [1.54, 1.807) is 0 Å². The fourth-order valence-electron chi connectivity index (χ4n) is 10.3. The van der Waals surface area contributed by atoms with Crippen LogP contribution in [0.3, 0.4) is 0 Å². The SMILES string of the molecule is CCCCCCCCCCCCCCCCCCCCCCCC(=O)O[C@H](COC(=O)CCCCCCCCCCCCC)COP(=O)(O)OC[C@@H](O)COP(=O)(O)OC[C@@H](COC(=O)CCCCCCC)OC(=O)CCCCCCCCCC(C)C. The van der Waals surface area contributed by atoms with E-state index in [4.69, 9.17) is 37.0 Å². The molecule has 0 saturated heterocycles. The normalized spacial score (nSPS) is 14.1. The lowest BCUT2D eigenvalue weighted by atomic mass is 10.0. The highest BCUT2D eigenvalue weighted by Crippen LogP contribution is 2.45. The second-order valence-electron chi connectivity index (χ2n) is 25.0. The number of carbonyl (C=O) groups is 4. The van der Waals surface area contributed by atoms with Gasteiger partial charge in [0.2, 0.25) is 0 Å². The lowest BCUT2D eigenvalue weighted by molar-refractivity contribution is -0.161. The van der Waals surface area contributed by atoms with Crippen LogP contribution in [-0.4, -0.2) is 96.7 Å². The fourth-order valence-corrected chi connectivity index (χ4v) is 11.9. The van der Waals surface area contributed by atoms with Crippen molar-refractivity contribution in [2.75, 3.05) is 39.6 Å². The first kappa shape index (κ1) is 85.1. The summed E-state index contributed by atoms with van der Waals surface area (Å²) in [6.07, 6.45) is 47.9. The van der Waals surface area contributed by atoms with Crippen LogP contribution in [0.1, 0.15) is 349 Å². The Morgan fingerprint density at radius 3 is 0.782 bits per heavy atom. The van der Waals surface area contributed by atoms with Crippen molar-refractivity contribution in [2.45, 2.75) is 368 Å². The molecular weight excluding hydrogens is 1150 g/mol. The molecule has 0 bridgehead atoms. The second-order valence-corrected chi connectivity index (χ2v) is 27.9. The Morgan fingerprint density at radius 1 is 0.310 bits per heavy atom. The molecule has 87 heavy (non-hydrogen) atoms. The van der Waals surface area contributed by atoms with Gasteiger partial charge >= 0.3 is 39.5 Å². The third-order valence-electron chi connectivity index (χ3n) is 15.8. The van der Waals surface area contributed by atoms with Gasteiger partial charge < -0.3 is 33.8 Å². The Morgan fingerprint density at radius 2 is 0.529 bits per heavy atom. The summed E-state index contributed by atoms with van der Waals surface area (Å²) in [5.74, 6) is -1.44. The number of aliphatic hydroxyl groups is 1. The summed E-state index contributed by atoms with van der Waals surface area (Å²) < 4.78 is 67.9. The van der Waals surface area contributed by atoms with Crippen molar-refractivity contribution in [3.8, 4) is 0 Å². The number of phosphoric acid groups is 2. The number of carbonyl (C=O) groups excluding carboxylic acids is 4. The van der Waals surface area contributed by atoms with Crippen molar-refractivity contribution in [1.82, 2.24) is 0 Å². The van der Waals surface area contributed by atoms with Crippen LogP contribution in [0.4, 0.5) is 0 Å². The number of esters is 4. The molecule has 5 atom stereocenters. The topological polar surface area (TPSA) is 237 Å². The smallest absolute Gasteiger partial charge is 0.462 e. The molecule has 17 nitrogen and oxygen atoms in total. The average molecular weight is 1280 g/mol. The number of hydrogen-bond donors (Lipinski definition) is 3.